The number of para-hydroxylation sites is 1. The number of fused-ring (bicyclic) bond motifs is 2. The van der Waals surface area contributed by atoms with E-state index in [4.69, 9.17) is 4.98 Å². The van der Waals surface area contributed by atoms with Gasteiger partial charge in [-0.1, -0.05) is 53.8 Å². The Morgan fingerprint density at radius 1 is 1.04 bits per heavy atom. The van der Waals surface area contributed by atoms with Crippen molar-refractivity contribution in [3.8, 4) is 5.13 Å². The van der Waals surface area contributed by atoms with Crippen LogP contribution in [0.4, 0.5) is 0 Å². The number of hydrogen-bond donors (Lipinski definition) is 0. The molecule has 2 aromatic carbocycles. The van der Waals surface area contributed by atoms with Gasteiger partial charge in [0.2, 0.25) is 5.13 Å². The summed E-state index contributed by atoms with van der Waals surface area (Å²) in [5.74, 6) is 0.380. The predicted molar refractivity (Wildman–Crippen MR) is 103 cm³/mol. The van der Waals surface area contributed by atoms with Gasteiger partial charge in [-0.15, -0.1) is 0 Å². The number of carbonyl (C=O) groups excluding carboxylic acids is 1. The first-order valence-electron chi connectivity index (χ1n) is 8.73. The summed E-state index contributed by atoms with van der Waals surface area (Å²) in [4.78, 5) is 17.6. The van der Waals surface area contributed by atoms with Gasteiger partial charge >= 0.3 is 0 Å². The minimum absolute atomic E-state index is 0.185. The van der Waals surface area contributed by atoms with Gasteiger partial charge in [-0.2, -0.15) is 5.10 Å². The smallest absolute Gasteiger partial charge is 0.211 e. The van der Waals surface area contributed by atoms with Gasteiger partial charge in [0.05, 0.1) is 27.2 Å². The van der Waals surface area contributed by atoms with Crippen LogP contribution in [0.1, 0.15) is 39.6 Å². The molecule has 2 aromatic heterocycles. The number of nitrogens with zero attached hydrogens (tertiary/aromatic N) is 3. The molecule has 128 valence electrons. The molecule has 0 radical (unpaired) electrons. The van der Waals surface area contributed by atoms with Gasteiger partial charge in [-0.3, -0.25) is 4.79 Å². The van der Waals surface area contributed by atoms with Gasteiger partial charge in [0, 0.05) is 6.42 Å². The highest BCUT2D eigenvalue weighted by molar-refractivity contribution is 7.20. The molecule has 5 heteroatoms. The van der Waals surface area contributed by atoms with E-state index < -0.39 is 0 Å². The first kappa shape index (κ1) is 15.5. The zero-order valence-electron chi connectivity index (χ0n) is 14.3. The van der Waals surface area contributed by atoms with E-state index >= 15 is 0 Å². The van der Waals surface area contributed by atoms with E-state index in [0.717, 1.165) is 38.7 Å². The number of aromatic nitrogens is 3. The van der Waals surface area contributed by atoms with Crippen molar-refractivity contribution >= 4 is 27.3 Å². The first-order chi connectivity index (χ1) is 12.7. The van der Waals surface area contributed by atoms with Crippen molar-refractivity contribution < 1.29 is 4.79 Å². The number of rotatable bonds is 2. The highest BCUT2D eigenvalue weighted by Crippen LogP contribution is 2.36. The van der Waals surface area contributed by atoms with E-state index in [9.17, 15) is 4.79 Å². The molecule has 1 aliphatic rings. The molecule has 4 nitrogen and oxygen atoms in total. The molecule has 1 atom stereocenters. The number of aryl methyl sites for hydroxylation is 1. The molecule has 0 bridgehead atoms. The van der Waals surface area contributed by atoms with Crippen LogP contribution in [0, 0.1) is 6.92 Å². The van der Waals surface area contributed by atoms with Crippen LogP contribution < -0.4 is 0 Å². The normalized spacial score (nSPS) is 16.8. The summed E-state index contributed by atoms with van der Waals surface area (Å²) in [6.07, 6.45) is 1.35. The molecule has 0 saturated heterocycles. The number of hydrogen-bond acceptors (Lipinski definition) is 4. The van der Waals surface area contributed by atoms with E-state index in [1.54, 1.807) is 11.3 Å². The SMILES string of the molecule is Cc1nn(-c2nc3ccccc3s2)c2c1C(=O)C[C@@H](c1ccccc1)C2. The molecule has 0 saturated carbocycles. The topological polar surface area (TPSA) is 47.8 Å². The number of carbonyl (C=O) groups is 1. The molecule has 0 N–H and O–H groups in total. The van der Waals surface area contributed by atoms with E-state index in [1.807, 2.05) is 48.0 Å². The highest BCUT2D eigenvalue weighted by Gasteiger charge is 2.32. The fourth-order valence-corrected chi connectivity index (χ4v) is 4.77. The van der Waals surface area contributed by atoms with E-state index in [1.165, 1.54) is 5.56 Å². The Balaban J connectivity index is 1.64. The highest BCUT2D eigenvalue weighted by atomic mass is 32.1. The van der Waals surface area contributed by atoms with Crippen molar-refractivity contribution in [3.63, 3.8) is 0 Å². The molecule has 0 amide bonds. The summed E-state index contributed by atoms with van der Waals surface area (Å²) in [5.41, 5.74) is 4.76. The maximum atomic E-state index is 12.8. The summed E-state index contributed by atoms with van der Waals surface area (Å²) in [6.45, 7) is 1.92. The van der Waals surface area contributed by atoms with Crippen molar-refractivity contribution in [2.75, 3.05) is 0 Å². The standard InChI is InChI=1S/C21H17N3OS/c1-13-20-17(11-15(12-18(20)25)14-7-3-2-4-8-14)24(23-13)21-22-16-9-5-6-10-19(16)26-21/h2-10,15H,11-12H2,1H3/t15-/m0/s1. The van der Waals surface area contributed by atoms with Crippen LogP contribution in [0.25, 0.3) is 15.3 Å². The van der Waals surface area contributed by atoms with Gasteiger partial charge in [0.15, 0.2) is 5.78 Å². The molecular weight excluding hydrogens is 342 g/mol. The Labute approximate surface area is 155 Å². The summed E-state index contributed by atoms with van der Waals surface area (Å²) in [5, 5.41) is 5.51. The van der Waals surface area contributed by atoms with Gasteiger partial charge in [-0.25, -0.2) is 9.67 Å². The molecule has 0 unspecified atom stereocenters. The third kappa shape index (κ3) is 2.39. The van der Waals surface area contributed by atoms with E-state index in [-0.39, 0.29) is 11.7 Å². The summed E-state index contributed by atoms with van der Waals surface area (Å²) in [7, 11) is 0. The lowest BCUT2D eigenvalue weighted by molar-refractivity contribution is 0.0963. The number of benzene rings is 2. The molecule has 0 aliphatic heterocycles. The predicted octanol–water partition coefficient (Wildman–Crippen LogP) is 4.70. The zero-order valence-corrected chi connectivity index (χ0v) is 15.2. The molecule has 4 aromatic rings. The van der Waals surface area contributed by atoms with Crippen LogP contribution in [-0.2, 0) is 6.42 Å². The molecular formula is C21H17N3OS. The number of ketones is 1. The Morgan fingerprint density at radius 2 is 1.81 bits per heavy atom. The Bertz CT molecular complexity index is 1090. The van der Waals surface area contributed by atoms with Crippen molar-refractivity contribution in [2.45, 2.75) is 25.7 Å². The second-order valence-electron chi connectivity index (χ2n) is 6.72. The van der Waals surface area contributed by atoms with Crippen LogP contribution in [0.2, 0.25) is 0 Å². The minimum atomic E-state index is 0.185. The van der Waals surface area contributed by atoms with Gasteiger partial charge < -0.3 is 0 Å². The Morgan fingerprint density at radius 3 is 2.62 bits per heavy atom. The van der Waals surface area contributed by atoms with Crippen molar-refractivity contribution in [3.05, 3.63) is 77.1 Å². The Hall–Kier alpha value is -2.79. The van der Waals surface area contributed by atoms with Crippen molar-refractivity contribution in [1.82, 2.24) is 14.8 Å². The summed E-state index contributed by atoms with van der Waals surface area (Å²) < 4.78 is 3.02. The molecule has 26 heavy (non-hydrogen) atoms. The summed E-state index contributed by atoms with van der Waals surface area (Å²) in [6, 6.07) is 18.4. The van der Waals surface area contributed by atoms with Gasteiger partial charge in [-0.05, 0) is 37.0 Å². The molecule has 0 spiro atoms. The average Bonchev–Trinajstić information content (AvgIpc) is 3.23. The maximum Gasteiger partial charge on any atom is 0.211 e. The third-order valence-electron chi connectivity index (χ3n) is 5.04. The number of thiazole rings is 1. The second kappa shape index (κ2) is 5.88. The van der Waals surface area contributed by atoms with Gasteiger partial charge in [0.1, 0.15) is 0 Å². The van der Waals surface area contributed by atoms with Crippen LogP contribution in [-0.4, -0.2) is 20.5 Å². The van der Waals surface area contributed by atoms with Crippen LogP contribution >= 0.6 is 11.3 Å². The van der Waals surface area contributed by atoms with Gasteiger partial charge in [0.25, 0.3) is 0 Å². The van der Waals surface area contributed by atoms with E-state index in [2.05, 4.69) is 23.3 Å². The van der Waals surface area contributed by atoms with Crippen LogP contribution in [0.15, 0.2) is 54.6 Å². The second-order valence-corrected chi connectivity index (χ2v) is 7.73. The lowest BCUT2D eigenvalue weighted by atomic mass is 9.82. The number of Topliss-reactive ketones (excluding diaryl/α,β-unsaturated/α-hetero) is 1. The molecule has 2 heterocycles. The molecule has 0 fully saturated rings. The zero-order chi connectivity index (χ0) is 17.7. The minimum Gasteiger partial charge on any atom is -0.294 e. The lowest BCUT2D eigenvalue weighted by Crippen LogP contribution is -2.20. The van der Waals surface area contributed by atoms with Crippen LogP contribution in [0.5, 0.6) is 0 Å². The lowest BCUT2D eigenvalue weighted by Gasteiger charge is -2.22. The Kier molecular flexibility index (Phi) is 3.50. The fraction of sp³-hybridized carbons (Fsp3) is 0.190. The fourth-order valence-electron chi connectivity index (χ4n) is 3.83. The third-order valence-corrected chi connectivity index (χ3v) is 6.05. The summed E-state index contributed by atoms with van der Waals surface area (Å²) >= 11 is 1.61. The largest absolute Gasteiger partial charge is 0.294 e. The first-order valence-corrected chi connectivity index (χ1v) is 9.55. The van der Waals surface area contributed by atoms with Crippen molar-refractivity contribution in [1.29, 1.82) is 0 Å². The average molecular weight is 359 g/mol. The van der Waals surface area contributed by atoms with Crippen LogP contribution in [0.3, 0.4) is 0 Å². The molecule has 1 aliphatic carbocycles. The quantitative estimate of drug-likeness (QED) is 0.521. The van der Waals surface area contributed by atoms with E-state index in [0.29, 0.717) is 6.42 Å². The molecule has 5 rings (SSSR count). The van der Waals surface area contributed by atoms with Crippen molar-refractivity contribution in [2.24, 2.45) is 0 Å². The maximum absolute atomic E-state index is 12.8. The monoisotopic (exact) mass is 359 g/mol.